The number of benzene rings is 1. The first-order valence-electron chi connectivity index (χ1n) is 10.0. The van der Waals surface area contributed by atoms with Gasteiger partial charge in [-0.1, -0.05) is 11.3 Å². The van der Waals surface area contributed by atoms with Gasteiger partial charge < -0.3 is 14.2 Å². The molecule has 0 spiro atoms. The van der Waals surface area contributed by atoms with E-state index in [1.54, 1.807) is 46.3 Å². The van der Waals surface area contributed by atoms with Crippen LogP contribution in [0.2, 0.25) is 0 Å². The van der Waals surface area contributed by atoms with E-state index in [9.17, 15) is 9.59 Å². The number of hydrogen-bond acceptors (Lipinski definition) is 8. The predicted molar refractivity (Wildman–Crippen MR) is 132 cm³/mol. The number of methoxy groups -OCH3 is 2. The Morgan fingerprint density at radius 1 is 1.21 bits per heavy atom. The summed E-state index contributed by atoms with van der Waals surface area (Å²) in [4.78, 5) is 32.7. The first kappa shape index (κ1) is 23.5. The van der Waals surface area contributed by atoms with Crippen LogP contribution in [0.1, 0.15) is 30.3 Å². The maximum atomic E-state index is 13.6. The highest BCUT2D eigenvalue weighted by Gasteiger charge is 2.35. The number of carbonyl (C=O) groups excluding carboxylic acids is 1. The SMILES string of the molecule is CCOC(=O)C1=C(C)N=c2sc(=Cc3ccc(Br)s3)c(=O)n2C1c1cc(OC)ccc1OC. The third-order valence-electron chi connectivity index (χ3n) is 5.12. The molecule has 2 aromatic heterocycles. The Bertz CT molecular complexity index is 1430. The minimum Gasteiger partial charge on any atom is -0.497 e. The van der Waals surface area contributed by atoms with E-state index in [-0.39, 0.29) is 12.2 Å². The lowest BCUT2D eigenvalue weighted by Crippen LogP contribution is -2.40. The number of hydrogen-bond donors (Lipinski definition) is 0. The Morgan fingerprint density at radius 3 is 2.64 bits per heavy atom. The molecule has 33 heavy (non-hydrogen) atoms. The van der Waals surface area contributed by atoms with Crippen LogP contribution < -0.4 is 24.4 Å². The fourth-order valence-electron chi connectivity index (χ4n) is 3.67. The third-order valence-corrected chi connectivity index (χ3v) is 7.67. The summed E-state index contributed by atoms with van der Waals surface area (Å²) in [7, 11) is 3.10. The number of thiazole rings is 1. The van der Waals surface area contributed by atoms with Gasteiger partial charge in [-0.2, -0.15) is 0 Å². The molecular weight excluding hydrogens is 528 g/mol. The Kier molecular flexibility index (Phi) is 6.87. The summed E-state index contributed by atoms with van der Waals surface area (Å²) in [6.07, 6.45) is 1.84. The van der Waals surface area contributed by atoms with Crippen molar-refractivity contribution in [3.05, 3.63) is 75.5 Å². The average molecular weight is 549 g/mol. The number of nitrogens with zero attached hydrogens (tertiary/aromatic N) is 2. The van der Waals surface area contributed by atoms with Gasteiger partial charge in [0.1, 0.15) is 17.5 Å². The van der Waals surface area contributed by atoms with Gasteiger partial charge in [0.15, 0.2) is 4.80 Å². The van der Waals surface area contributed by atoms with E-state index >= 15 is 0 Å². The van der Waals surface area contributed by atoms with E-state index in [4.69, 9.17) is 14.2 Å². The van der Waals surface area contributed by atoms with Gasteiger partial charge in [-0.3, -0.25) is 9.36 Å². The van der Waals surface area contributed by atoms with Gasteiger partial charge in [-0.25, -0.2) is 9.79 Å². The first-order chi connectivity index (χ1) is 15.9. The Morgan fingerprint density at radius 2 is 2.00 bits per heavy atom. The zero-order valence-corrected chi connectivity index (χ0v) is 21.6. The van der Waals surface area contributed by atoms with Crippen LogP contribution in [0.4, 0.5) is 0 Å². The Balaban J connectivity index is 2.02. The van der Waals surface area contributed by atoms with Crippen LogP contribution in [0, 0.1) is 0 Å². The van der Waals surface area contributed by atoms with E-state index in [2.05, 4.69) is 20.9 Å². The van der Waals surface area contributed by atoms with Crippen LogP contribution in [0.5, 0.6) is 11.5 Å². The highest BCUT2D eigenvalue weighted by Crippen LogP contribution is 2.37. The molecule has 0 amide bonds. The molecule has 0 saturated carbocycles. The molecule has 4 rings (SSSR count). The molecule has 7 nitrogen and oxygen atoms in total. The molecule has 0 saturated heterocycles. The molecule has 0 radical (unpaired) electrons. The van der Waals surface area contributed by atoms with Crippen LogP contribution in [0.3, 0.4) is 0 Å². The van der Waals surface area contributed by atoms with Crippen LogP contribution in [-0.4, -0.2) is 31.4 Å². The van der Waals surface area contributed by atoms with Crippen molar-refractivity contribution < 1.29 is 19.0 Å². The Labute approximate surface area is 206 Å². The number of aromatic nitrogens is 1. The number of esters is 1. The van der Waals surface area contributed by atoms with E-state index in [1.165, 1.54) is 27.2 Å². The molecule has 172 valence electrons. The summed E-state index contributed by atoms with van der Waals surface area (Å²) in [6.45, 7) is 3.69. The summed E-state index contributed by atoms with van der Waals surface area (Å²) in [5.41, 5.74) is 1.16. The van der Waals surface area contributed by atoms with Gasteiger partial charge in [0.2, 0.25) is 0 Å². The third kappa shape index (κ3) is 4.42. The molecule has 1 aromatic carbocycles. The van der Waals surface area contributed by atoms with Crippen molar-refractivity contribution in [3.63, 3.8) is 0 Å². The second-order valence-corrected chi connectivity index (χ2v) is 10.6. The predicted octanol–water partition coefficient (Wildman–Crippen LogP) is 3.64. The zero-order chi connectivity index (χ0) is 23.7. The van der Waals surface area contributed by atoms with Crippen molar-refractivity contribution in [3.8, 4) is 11.5 Å². The van der Waals surface area contributed by atoms with E-state index in [1.807, 2.05) is 18.2 Å². The summed E-state index contributed by atoms with van der Waals surface area (Å²) in [5.74, 6) is 0.577. The largest absolute Gasteiger partial charge is 0.497 e. The minimum absolute atomic E-state index is 0.204. The molecular formula is C23H21BrN2O5S2. The molecule has 0 aliphatic carbocycles. The summed E-state index contributed by atoms with van der Waals surface area (Å²) in [5, 5.41) is 0. The quantitative estimate of drug-likeness (QED) is 0.439. The number of rotatable bonds is 6. The zero-order valence-electron chi connectivity index (χ0n) is 18.4. The van der Waals surface area contributed by atoms with E-state index < -0.39 is 12.0 Å². The summed E-state index contributed by atoms with van der Waals surface area (Å²) in [6, 6.07) is 8.38. The normalized spacial score (nSPS) is 15.8. The van der Waals surface area contributed by atoms with Gasteiger partial charge in [0, 0.05) is 10.4 Å². The number of fused-ring (bicyclic) bond motifs is 1. The fourth-order valence-corrected chi connectivity index (χ4v) is 6.15. The molecule has 1 atom stereocenters. The average Bonchev–Trinajstić information content (AvgIpc) is 3.34. The van der Waals surface area contributed by atoms with Crippen molar-refractivity contribution in [2.24, 2.45) is 4.99 Å². The highest BCUT2D eigenvalue weighted by atomic mass is 79.9. The molecule has 1 aliphatic heterocycles. The number of thiophene rings is 1. The monoisotopic (exact) mass is 548 g/mol. The molecule has 1 aliphatic rings. The van der Waals surface area contributed by atoms with Crippen molar-refractivity contribution in [2.45, 2.75) is 19.9 Å². The lowest BCUT2D eigenvalue weighted by molar-refractivity contribution is -0.139. The van der Waals surface area contributed by atoms with Gasteiger partial charge >= 0.3 is 5.97 Å². The number of ether oxygens (including phenoxy) is 3. The maximum Gasteiger partial charge on any atom is 0.338 e. The molecule has 0 bridgehead atoms. The highest BCUT2D eigenvalue weighted by molar-refractivity contribution is 9.11. The van der Waals surface area contributed by atoms with E-state index in [0.717, 1.165) is 8.66 Å². The molecule has 3 heterocycles. The smallest absolute Gasteiger partial charge is 0.338 e. The standard InChI is InChI=1S/C23H21BrN2O5S2/c1-5-31-22(28)19-12(2)25-23-26(20(19)15-10-13(29-3)6-8-16(15)30-4)21(27)17(33-23)11-14-7-9-18(24)32-14/h6-11,20H,5H2,1-4H3. The fraction of sp³-hybridized carbons (Fsp3) is 0.261. The molecule has 0 N–H and O–H groups in total. The van der Waals surface area contributed by atoms with Crippen LogP contribution >= 0.6 is 38.6 Å². The molecule has 1 unspecified atom stereocenters. The molecule has 0 fully saturated rings. The first-order valence-corrected chi connectivity index (χ1v) is 12.5. The summed E-state index contributed by atoms with van der Waals surface area (Å²) >= 11 is 6.26. The van der Waals surface area contributed by atoms with Crippen molar-refractivity contribution in [1.29, 1.82) is 0 Å². The van der Waals surface area contributed by atoms with Crippen LogP contribution in [0.25, 0.3) is 6.08 Å². The number of halogens is 1. The van der Waals surface area contributed by atoms with E-state index in [0.29, 0.717) is 37.7 Å². The van der Waals surface area contributed by atoms with Crippen LogP contribution in [-0.2, 0) is 9.53 Å². The van der Waals surface area contributed by atoms with Crippen molar-refractivity contribution >= 4 is 50.6 Å². The van der Waals surface area contributed by atoms with Crippen molar-refractivity contribution in [2.75, 3.05) is 20.8 Å². The Hall–Kier alpha value is -2.69. The maximum absolute atomic E-state index is 13.6. The topological polar surface area (TPSA) is 79.1 Å². The van der Waals surface area contributed by atoms with Gasteiger partial charge in [0.05, 0.1) is 40.4 Å². The second kappa shape index (κ2) is 9.66. The van der Waals surface area contributed by atoms with Gasteiger partial charge in [-0.05, 0) is 66.2 Å². The second-order valence-electron chi connectivity index (χ2n) is 7.05. The lowest BCUT2D eigenvalue weighted by Gasteiger charge is -2.26. The van der Waals surface area contributed by atoms with Crippen molar-refractivity contribution in [1.82, 2.24) is 4.57 Å². The summed E-state index contributed by atoms with van der Waals surface area (Å²) < 4.78 is 19.4. The van der Waals surface area contributed by atoms with Gasteiger partial charge in [0.25, 0.3) is 5.56 Å². The minimum atomic E-state index is -0.775. The molecule has 3 aromatic rings. The number of carbonyl (C=O) groups is 1. The number of allylic oxidation sites excluding steroid dienone is 1. The van der Waals surface area contributed by atoms with Gasteiger partial charge in [-0.15, -0.1) is 11.3 Å². The lowest BCUT2D eigenvalue weighted by atomic mass is 9.95. The van der Waals surface area contributed by atoms with Crippen LogP contribution in [0.15, 0.2) is 55.2 Å². The molecule has 10 heteroatoms.